The van der Waals surface area contributed by atoms with Crippen LogP contribution in [0.15, 0.2) is 0 Å². The Hall–Kier alpha value is -0.0800. The van der Waals surface area contributed by atoms with Gasteiger partial charge in [-0.25, -0.2) is 0 Å². The number of likely N-dealkylation sites (N-methyl/N-ethyl adjacent to an activating group) is 1. The highest BCUT2D eigenvalue weighted by Crippen LogP contribution is 2.27. The summed E-state index contributed by atoms with van der Waals surface area (Å²) < 4.78 is 0. The van der Waals surface area contributed by atoms with Gasteiger partial charge < -0.3 is 5.32 Å². The molecule has 1 saturated heterocycles. The third-order valence-electron chi connectivity index (χ3n) is 3.50. The number of nitrogens with one attached hydrogen (secondary N) is 1. The van der Waals surface area contributed by atoms with Crippen molar-refractivity contribution in [3.8, 4) is 0 Å². The predicted octanol–water partition coefficient (Wildman–Crippen LogP) is 2.10. The van der Waals surface area contributed by atoms with Gasteiger partial charge in [0.15, 0.2) is 0 Å². The minimum atomic E-state index is 0.294. The van der Waals surface area contributed by atoms with Crippen molar-refractivity contribution in [2.24, 2.45) is 5.92 Å². The van der Waals surface area contributed by atoms with E-state index in [2.05, 4.69) is 37.9 Å². The third-order valence-corrected chi connectivity index (χ3v) is 3.50. The summed E-state index contributed by atoms with van der Waals surface area (Å²) in [5, 5.41) is 3.30. The van der Waals surface area contributed by atoms with E-state index in [4.69, 9.17) is 0 Å². The first-order valence-electron chi connectivity index (χ1n) is 5.88. The van der Waals surface area contributed by atoms with Gasteiger partial charge in [-0.05, 0) is 46.6 Å². The van der Waals surface area contributed by atoms with Crippen LogP contribution in [0.4, 0.5) is 0 Å². The second kappa shape index (κ2) is 4.63. The molecule has 2 atom stereocenters. The van der Waals surface area contributed by atoms with Crippen LogP contribution in [0.25, 0.3) is 0 Å². The fourth-order valence-electron chi connectivity index (χ4n) is 2.67. The van der Waals surface area contributed by atoms with Gasteiger partial charge in [-0.15, -0.1) is 0 Å². The number of hydrogen-bond acceptors (Lipinski definition) is 2. The van der Waals surface area contributed by atoms with E-state index < -0.39 is 0 Å². The molecule has 2 nitrogen and oxygen atoms in total. The van der Waals surface area contributed by atoms with Crippen molar-refractivity contribution < 1.29 is 0 Å². The van der Waals surface area contributed by atoms with Gasteiger partial charge in [0.05, 0.1) is 0 Å². The predicted molar refractivity (Wildman–Crippen MR) is 62.6 cm³/mol. The maximum Gasteiger partial charge on any atom is 0.0280 e. The molecule has 1 rings (SSSR count). The summed E-state index contributed by atoms with van der Waals surface area (Å²) in [5.41, 5.74) is 0.294. The van der Waals surface area contributed by atoms with Gasteiger partial charge in [0.1, 0.15) is 0 Å². The zero-order chi connectivity index (χ0) is 10.8. The third kappa shape index (κ3) is 2.71. The van der Waals surface area contributed by atoms with Gasteiger partial charge in [-0.3, -0.25) is 4.90 Å². The molecule has 0 amide bonds. The van der Waals surface area contributed by atoms with E-state index in [1.807, 2.05) is 7.05 Å². The SMILES string of the molecule is CNCC(C)(C)N1CC(C)CCC1C. The van der Waals surface area contributed by atoms with Crippen molar-refractivity contribution in [3.63, 3.8) is 0 Å². The molecular formula is C12H26N2. The molecule has 1 heterocycles. The molecule has 0 radical (unpaired) electrons. The second-order valence-electron chi connectivity index (χ2n) is 5.53. The van der Waals surface area contributed by atoms with Crippen LogP contribution in [0, 0.1) is 5.92 Å². The Morgan fingerprint density at radius 3 is 2.50 bits per heavy atom. The molecule has 1 aliphatic heterocycles. The summed E-state index contributed by atoms with van der Waals surface area (Å²) in [7, 11) is 2.04. The van der Waals surface area contributed by atoms with Gasteiger partial charge in [-0.1, -0.05) is 6.92 Å². The fourth-order valence-corrected chi connectivity index (χ4v) is 2.67. The molecule has 84 valence electrons. The van der Waals surface area contributed by atoms with Crippen LogP contribution >= 0.6 is 0 Å². The van der Waals surface area contributed by atoms with Gasteiger partial charge in [0, 0.05) is 24.7 Å². The Bertz CT molecular complexity index is 177. The minimum absolute atomic E-state index is 0.294. The quantitative estimate of drug-likeness (QED) is 0.747. The standard InChI is InChI=1S/C12H26N2/c1-10-6-7-11(2)14(8-10)12(3,4)9-13-5/h10-11,13H,6-9H2,1-5H3. The average Bonchev–Trinajstić information content (AvgIpc) is 2.09. The van der Waals surface area contributed by atoms with Crippen LogP contribution in [0.1, 0.15) is 40.5 Å². The van der Waals surface area contributed by atoms with E-state index in [1.54, 1.807) is 0 Å². The summed E-state index contributed by atoms with van der Waals surface area (Å²) in [6, 6.07) is 0.745. The average molecular weight is 198 g/mol. The van der Waals surface area contributed by atoms with E-state index in [1.165, 1.54) is 19.4 Å². The maximum absolute atomic E-state index is 3.30. The zero-order valence-electron chi connectivity index (χ0n) is 10.4. The zero-order valence-corrected chi connectivity index (χ0v) is 10.4. The Labute approximate surface area is 89.1 Å². The van der Waals surface area contributed by atoms with Crippen molar-refractivity contribution in [2.45, 2.75) is 52.1 Å². The smallest absolute Gasteiger partial charge is 0.0280 e. The molecule has 0 aliphatic carbocycles. The van der Waals surface area contributed by atoms with E-state index in [0.717, 1.165) is 18.5 Å². The van der Waals surface area contributed by atoms with Crippen molar-refractivity contribution >= 4 is 0 Å². The first-order chi connectivity index (χ1) is 6.47. The number of piperidine rings is 1. The van der Waals surface area contributed by atoms with Crippen LogP contribution in [0.2, 0.25) is 0 Å². The summed E-state index contributed by atoms with van der Waals surface area (Å²) in [6.45, 7) is 11.8. The Morgan fingerprint density at radius 1 is 1.29 bits per heavy atom. The molecular weight excluding hydrogens is 172 g/mol. The lowest BCUT2D eigenvalue weighted by Crippen LogP contribution is -2.56. The topological polar surface area (TPSA) is 15.3 Å². The molecule has 14 heavy (non-hydrogen) atoms. The normalized spacial score (nSPS) is 30.6. The largest absolute Gasteiger partial charge is 0.318 e. The summed E-state index contributed by atoms with van der Waals surface area (Å²) in [6.07, 6.45) is 2.75. The monoisotopic (exact) mass is 198 g/mol. The molecule has 0 aromatic heterocycles. The fraction of sp³-hybridized carbons (Fsp3) is 1.00. The maximum atomic E-state index is 3.30. The number of rotatable bonds is 3. The highest BCUT2D eigenvalue weighted by molar-refractivity contribution is 4.90. The minimum Gasteiger partial charge on any atom is -0.318 e. The Morgan fingerprint density at radius 2 is 1.93 bits per heavy atom. The first kappa shape index (κ1) is 12.0. The van der Waals surface area contributed by atoms with Crippen LogP contribution in [0.5, 0.6) is 0 Å². The molecule has 0 aromatic carbocycles. The Balaban J connectivity index is 2.63. The van der Waals surface area contributed by atoms with Crippen molar-refractivity contribution in [2.75, 3.05) is 20.1 Å². The summed E-state index contributed by atoms with van der Waals surface area (Å²) in [5.74, 6) is 0.863. The van der Waals surface area contributed by atoms with E-state index in [9.17, 15) is 0 Å². The molecule has 2 heteroatoms. The number of nitrogens with zero attached hydrogens (tertiary/aromatic N) is 1. The van der Waals surface area contributed by atoms with Gasteiger partial charge in [0.2, 0.25) is 0 Å². The van der Waals surface area contributed by atoms with E-state index in [-0.39, 0.29) is 0 Å². The van der Waals surface area contributed by atoms with Gasteiger partial charge in [-0.2, -0.15) is 0 Å². The lowest BCUT2D eigenvalue weighted by Gasteiger charge is -2.47. The van der Waals surface area contributed by atoms with E-state index >= 15 is 0 Å². The molecule has 0 spiro atoms. The first-order valence-corrected chi connectivity index (χ1v) is 5.88. The summed E-state index contributed by atoms with van der Waals surface area (Å²) in [4.78, 5) is 2.66. The molecule has 0 aromatic rings. The Kier molecular flexibility index (Phi) is 3.96. The highest BCUT2D eigenvalue weighted by Gasteiger charge is 2.33. The van der Waals surface area contributed by atoms with Gasteiger partial charge >= 0.3 is 0 Å². The lowest BCUT2D eigenvalue weighted by atomic mass is 9.89. The van der Waals surface area contributed by atoms with E-state index in [0.29, 0.717) is 5.54 Å². The van der Waals surface area contributed by atoms with Crippen molar-refractivity contribution in [3.05, 3.63) is 0 Å². The second-order valence-corrected chi connectivity index (χ2v) is 5.53. The molecule has 1 fully saturated rings. The molecule has 1 aliphatic rings. The molecule has 0 bridgehead atoms. The molecule has 1 N–H and O–H groups in total. The highest BCUT2D eigenvalue weighted by atomic mass is 15.2. The van der Waals surface area contributed by atoms with Crippen molar-refractivity contribution in [1.82, 2.24) is 10.2 Å². The molecule has 2 unspecified atom stereocenters. The number of likely N-dealkylation sites (tertiary alicyclic amines) is 1. The number of hydrogen-bond donors (Lipinski definition) is 1. The van der Waals surface area contributed by atoms with Crippen LogP contribution < -0.4 is 5.32 Å². The summed E-state index contributed by atoms with van der Waals surface area (Å²) >= 11 is 0. The van der Waals surface area contributed by atoms with Crippen LogP contribution in [0.3, 0.4) is 0 Å². The van der Waals surface area contributed by atoms with Crippen molar-refractivity contribution in [1.29, 1.82) is 0 Å². The molecule has 0 saturated carbocycles. The lowest BCUT2D eigenvalue weighted by molar-refractivity contribution is 0.0281. The van der Waals surface area contributed by atoms with Crippen LogP contribution in [-0.4, -0.2) is 36.6 Å². The van der Waals surface area contributed by atoms with Crippen LogP contribution in [-0.2, 0) is 0 Å². The van der Waals surface area contributed by atoms with Gasteiger partial charge in [0.25, 0.3) is 0 Å².